The number of aromatic nitrogens is 2. The summed E-state index contributed by atoms with van der Waals surface area (Å²) in [4.78, 5) is 1.59. The van der Waals surface area contributed by atoms with E-state index < -0.39 is 10.0 Å². The molecule has 0 aromatic carbocycles. The number of rotatable bonds is 0. The van der Waals surface area contributed by atoms with Gasteiger partial charge in [0.2, 0.25) is 0 Å². The fourth-order valence-electron chi connectivity index (χ4n) is 1.00. The van der Waals surface area contributed by atoms with Crippen LogP contribution in [0.25, 0.3) is 0 Å². The summed E-state index contributed by atoms with van der Waals surface area (Å²) in [6.45, 7) is 0. The Bertz CT molecular complexity index is 467. The Morgan fingerprint density at radius 1 is 1.46 bits per heavy atom. The van der Waals surface area contributed by atoms with E-state index in [1.54, 1.807) is 7.05 Å². The molecule has 0 amide bonds. The summed E-state index contributed by atoms with van der Waals surface area (Å²) in [5.74, 6) is 0.303. The van der Waals surface area contributed by atoms with Gasteiger partial charge in [0, 0.05) is 7.05 Å². The first kappa shape index (κ1) is 8.11. The van der Waals surface area contributed by atoms with Crippen molar-refractivity contribution < 1.29 is 8.42 Å². The van der Waals surface area contributed by atoms with Crippen molar-refractivity contribution >= 4 is 22.2 Å². The third kappa shape index (κ3) is 1.17. The van der Waals surface area contributed by atoms with Crippen molar-refractivity contribution in [1.82, 2.24) is 10.2 Å². The molecule has 1 aromatic heterocycles. The molecule has 0 aliphatic carbocycles. The van der Waals surface area contributed by atoms with Gasteiger partial charge in [-0.1, -0.05) is 0 Å². The highest BCUT2D eigenvalue weighted by Gasteiger charge is 2.24. The van der Waals surface area contributed by atoms with Gasteiger partial charge in [0.15, 0.2) is 5.82 Å². The lowest BCUT2D eigenvalue weighted by atomic mass is 10.5. The first-order valence-corrected chi connectivity index (χ1v) is 4.90. The molecule has 13 heavy (non-hydrogen) atoms. The van der Waals surface area contributed by atoms with Gasteiger partial charge in [-0.2, -0.15) is 13.5 Å². The largest absolute Gasteiger partial charge is 0.317 e. The molecular weight excluding hydrogens is 192 g/mol. The molecule has 0 N–H and O–H groups in total. The highest BCUT2D eigenvalue weighted by molar-refractivity contribution is 7.90. The smallest absolute Gasteiger partial charge is 0.287 e. The average molecular weight is 198 g/mol. The fraction of sp³-hybridized carbons (Fsp3) is 0.167. The molecule has 0 saturated heterocycles. The maximum atomic E-state index is 11.3. The lowest BCUT2D eigenvalue weighted by molar-refractivity contribution is 0.596. The van der Waals surface area contributed by atoms with Gasteiger partial charge in [0.25, 0.3) is 10.0 Å². The number of sulfonamides is 1. The van der Waals surface area contributed by atoms with Crippen LogP contribution in [0.1, 0.15) is 0 Å². The monoisotopic (exact) mass is 198 g/mol. The molecule has 7 heteroatoms. The van der Waals surface area contributed by atoms with Crippen LogP contribution in [0.2, 0.25) is 0 Å². The maximum absolute atomic E-state index is 11.3. The van der Waals surface area contributed by atoms with Crippen LogP contribution in [0.5, 0.6) is 0 Å². The van der Waals surface area contributed by atoms with Crippen molar-refractivity contribution in [2.45, 2.75) is 4.90 Å². The molecule has 68 valence electrons. The second-order valence-electron chi connectivity index (χ2n) is 2.53. The van der Waals surface area contributed by atoms with Crippen molar-refractivity contribution in [3.8, 4) is 0 Å². The Labute approximate surface area is 75.0 Å². The highest BCUT2D eigenvalue weighted by Crippen LogP contribution is 2.24. The van der Waals surface area contributed by atoms with Gasteiger partial charge in [-0.15, -0.1) is 9.50 Å². The number of fused-ring (bicyclic) bond motifs is 1. The first-order valence-electron chi connectivity index (χ1n) is 3.46. The van der Waals surface area contributed by atoms with Crippen LogP contribution in [0.3, 0.4) is 0 Å². The summed E-state index contributed by atoms with van der Waals surface area (Å²) in [7, 11) is -1.89. The summed E-state index contributed by atoms with van der Waals surface area (Å²) < 4.78 is 26.0. The van der Waals surface area contributed by atoms with Gasteiger partial charge in [-0.3, -0.25) is 0 Å². The van der Waals surface area contributed by atoms with Crippen LogP contribution in [0.15, 0.2) is 21.6 Å². The van der Waals surface area contributed by atoms with E-state index in [4.69, 9.17) is 0 Å². The van der Waals surface area contributed by atoms with Crippen LogP contribution >= 0.6 is 0 Å². The summed E-state index contributed by atoms with van der Waals surface area (Å²) in [6.07, 6.45) is 2.53. The van der Waals surface area contributed by atoms with Crippen LogP contribution in [0, 0.1) is 0 Å². The van der Waals surface area contributed by atoms with Gasteiger partial charge >= 0.3 is 0 Å². The second kappa shape index (κ2) is 2.49. The Kier molecular flexibility index (Phi) is 1.56. The van der Waals surface area contributed by atoms with Crippen LogP contribution in [-0.4, -0.2) is 32.0 Å². The van der Waals surface area contributed by atoms with Gasteiger partial charge in [-0.25, -0.2) is 0 Å². The molecule has 6 nitrogen and oxygen atoms in total. The molecular formula is C6H6N4O2S. The van der Waals surface area contributed by atoms with Gasteiger partial charge < -0.3 is 4.90 Å². The molecule has 1 aromatic rings. The number of hydrogen-bond donors (Lipinski definition) is 0. The Morgan fingerprint density at radius 3 is 2.92 bits per heavy atom. The predicted molar refractivity (Wildman–Crippen MR) is 46.1 cm³/mol. The zero-order chi connectivity index (χ0) is 9.47. The molecule has 0 spiro atoms. The van der Waals surface area contributed by atoms with Crippen molar-refractivity contribution in [2.75, 3.05) is 11.9 Å². The minimum atomic E-state index is -3.55. The van der Waals surface area contributed by atoms with Gasteiger partial charge in [-0.05, 0) is 6.07 Å². The van der Waals surface area contributed by atoms with Crippen molar-refractivity contribution in [3.63, 3.8) is 0 Å². The molecule has 0 unspecified atom stereocenters. The second-order valence-corrected chi connectivity index (χ2v) is 4.13. The summed E-state index contributed by atoms with van der Waals surface area (Å²) in [6, 6.07) is 1.38. The van der Waals surface area contributed by atoms with Crippen molar-refractivity contribution in [3.05, 3.63) is 12.3 Å². The lowest BCUT2D eigenvalue weighted by Gasteiger charge is -2.17. The van der Waals surface area contributed by atoms with E-state index in [0.29, 0.717) is 5.82 Å². The highest BCUT2D eigenvalue weighted by atomic mass is 32.2. The van der Waals surface area contributed by atoms with E-state index in [0.717, 1.165) is 0 Å². The fourth-order valence-corrected chi connectivity index (χ4v) is 2.03. The normalized spacial score (nSPS) is 18.4. The van der Waals surface area contributed by atoms with E-state index >= 15 is 0 Å². The molecule has 0 bridgehead atoms. The van der Waals surface area contributed by atoms with Crippen LogP contribution in [0.4, 0.5) is 5.82 Å². The first-order chi connectivity index (χ1) is 6.11. The Balaban J connectivity index is 2.76. The topological polar surface area (TPSA) is 75.5 Å². The van der Waals surface area contributed by atoms with Crippen molar-refractivity contribution in [2.24, 2.45) is 4.40 Å². The van der Waals surface area contributed by atoms with Crippen LogP contribution < -0.4 is 4.90 Å². The quantitative estimate of drug-likeness (QED) is 0.569. The van der Waals surface area contributed by atoms with E-state index in [9.17, 15) is 8.42 Å². The molecule has 2 heterocycles. The summed E-state index contributed by atoms with van der Waals surface area (Å²) >= 11 is 0. The van der Waals surface area contributed by atoms with Crippen molar-refractivity contribution in [1.29, 1.82) is 0 Å². The minimum Gasteiger partial charge on any atom is -0.317 e. The number of anilines is 1. The SMILES string of the molecule is CN1C=NS(=O)(=O)c2ccnnc21. The number of nitrogens with zero attached hydrogens (tertiary/aromatic N) is 4. The predicted octanol–water partition coefficient (Wildman–Crippen LogP) is -0.357. The van der Waals surface area contributed by atoms with Gasteiger partial charge in [0.1, 0.15) is 11.2 Å². The minimum absolute atomic E-state index is 0.0903. The van der Waals surface area contributed by atoms with Gasteiger partial charge in [0.05, 0.1) is 6.20 Å². The third-order valence-corrected chi connectivity index (χ3v) is 2.88. The van der Waals surface area contributed by atoms with E-state index in [1.807, 2.05) is 0 Å². The maximum Gasteiger partial charge on any atom is 0.287 e. The molecule has 1 aliphatic rings. The van der Waals surface area contributed by atoms with E-state index in [1.165, 1.54) is 23.5 Å². The van der Waals surface area contributed by atoms with E-state index in [2.05, 4.69) is 14.6 Å². The molecule has 2 rings (SSSR count). The van der Waals surface area contributed by atoms with Crippen LogP contribution in [-0.2, 0) is 10.0 Å². The van der Waals surface area contributed by atoms with E-state index in [-0.39, 0.29) is 4.90 Å². The standard InChI is InChI=1S/C6H6N4O2S/c1-10-4-8-13(11,12)5-2-3-7-9-6(5)10/h2-4H,1H3. The Morgan fingerprint density at radius 2 is 2.23 bits per heavy atom. The molecule has 0 fully saturated rings. The molecule has 0 saturated carbocycles. The zero-order valence-electron chi connectivity index (χ0n) is 6.75. The summed E-state index contributed by atoms with van der Waals surface area (Å²) in [5.41, 5.74) is 0. The molecule has 0 radical (unpaired) electrons. The molecule has 0 atom stereocenters. The lowest BCUT2D eigenvalue weighted by Crippen LogP contribution is -2.24. The average Bonchev–Trinajstić information content (AvgIpc) is 2.13. The third-order valence-electron chi connectivity index (χ3n) is 1.64. The Hall–Kier alpha value is -1.50. The number of hydrogen-bond acceptors (Lipinski definition) is 5. The zero-order valence-corrected chi connectivity index (χ0v) is 7.56. The molecule has 1 aliphatic heterocycles. The summed E-state index contributed by atoms with van der Waals surface area (Å²) in [5, 5.41) is 7.30.